The first-order chi connectivity index (χ1) is 14.6. The Morgan fingerprint density at radius 2 is 1.84 bits per heavy atom. The van der Waals surface area contributed by atoms with Crippen molar-refractivity contribution in [2.75, 3.05) is 6.61 Å². The molecule has 164 valence electrons. The highest BCUT2D eigenvalue weighted by atomic mass is 35.5. The van der Waals surface area contributed by atoms with Gasteiger partial charge in [0.25, 0.3) is 5.76 Å². The molecule has 0 aliphatic rings. The third kappa shape index (κ3) is 4.93. The van der Waals surface area contributed by atoms with Crippen molar-refractivity contribution in [3.05, 3.63) is 58.4 Å². The van der Waals surface area contributed by atoms with Gasteiger partial charge in [-0.1, -0.05) is 12.1 Å². The summed E-state index contributed by atoms with van der Waals surface area (Å²) in [7, 11) is 0. The van der Waals surface area contributed by atoms with E-state index in [1.165, 1.54) is 37.3 Å². The van der Waals surface area contributed by atoms with Crippen LogP contribution < -0.4 is 19.6 Å². The van der Waals surface area contributed by atoms with Gasteiger partial charge < -0.3 is 18.6 Å². The van der Waals surface area contributed by atoms with Gasteiger partial charge >= 0.3 is 12.1 Å². The lowest BCUT2D eigenvalue weighted by molar-refractivity contribution is -0.154. The molecule has 0 fully saturated rings. The smallest absolute Gasteiger partial charge is 0.453 e. The Hall–Kier alpha value is -3.20. The summed E-state index contributed by atoms with van der Waals surface area (Å²) in [5, 5.41) is -1.18. The highest BCUT2D eigenvalue weighted by Gasteiger charge is 2.40. The molecular weight excluding hydrogens is 441 g/mol. The maximum atomic E-state index is 13.7. The number of carbonyl (C=O) groups is 1. The lowest BCUT2D eigenvalue weighted by Crippen LogP contribution is -2.18. The molecule has 3 rings (SSSR count). The van der Waals surface area contributed by atoms with E-state index in [9.17, 15) is 22.8 Å². The molecule has 0 spiro atoms. The summed E-state index contributed by atoms with van der Waals surface area (Å²) in [6.45, 7) is 3.30. The number of carbonyl (C=O) groups excluding carboxylic acids is 1. The molecule has 31 heavy (non-hydrogen) atoms. The van der Waals surface area contributed by atoms with Crippen molar-refractivity contribution in [3.63, 3.8) is 0 Å². The summed E-state index contributed by atoms with van der Waals surface area (Å²) >= 11 is 5.62. The fourth-order valence-corrected chi connectivity index (χ4v) is 2.66. The summed E-state index contributed by atoms with van der Waals surface area (Å²) in [5.41, 5.74) is -1.49. The van der Waals surface area contributed by atoms with E-state index in [4.69, 9.17) is 30.2 Å². The SMILES string of the molecule is CCOc1ccccc1Oc1c(C(F)(F)F)oc2cc(OC(=O)C(C)Cl)ccc2c1=O. The van der Waals surface area contributed by atoms with Gasteiger partial charge in [-0.3, -0.25) is 9.59 Å². The largest absolute Gasteiger partial charge is 0.490 e. The minimum Gasteiger partial charge on any atom is -0.490 e. The molecule has 0 saturated carbocycles. The first-order valence-corrected chi connectivity index (χ1v) is 9.49. The minimum atomic E-state index is -5.04. The zero-order valence-electron chi connectivity index (χ0n) is 16.3. The van der Waals surface area contributed by atoms with Crippen molar-refractivity contribution in [2.24, 2.45) is 0 Å². The molecule has 10 heteroatoms. The number of halogens is 4. The molecule has 0 aliphatic heterocycles. The number of hydrogen-bond donors (Lipinski definition) is 0. The maximum absolute atomic E-state index is 13.7. The third-order valence-electron chi connectivity index (χ3n) is 3.98. The number of rotatable bonds is 6. The zero-order valence-corrected chi connectivity index (χ0v) is 17.0. The molecule has 1 aromatic heterocycles. The van der Waals surface area contributed by atoms with E-state index < -0.39 is 40.0 Å². The van der Waals surface area contributed by atoms with Gasteiger partial charge in [0.15, 0.2) is 11.5 Å². The molecule has 1 unspecified atom stereocenters. The van der Waals surface area contributed by atoms with Gasteiger partial charge in [-0.15, -0.1) is 11.6 Å². The van der Waals surface area contributed by atoms with Crippen LogP contribution >= 0.6 is 11.6 Å². The molecule has 2 aromatic carbocycles. The summed E-state index contributed by atoms with van der Waals surface area (Å²) in [6, 6.07) is 9.40. The van der Waals surface area contributed by atoms with Gasteiger partial charge in [0, 0.05) is 6.07 Å². The van der Waals surface area contributed by atoms with Crippen LogP contribution in [0.3, 0.4) is 0 Å². The van der Waals surface area contributed by atoms with Gasteiger partial charge in [-0.25, -0.2) is 0 Å². The van der Waals surface area contributed by atoms with Gasteiger partial charge in [-0.05, 0) is 38.1 Å². The Kier molecular flexibility index (Phi) is 6.45. The van der Waals surface area contributed by atoms with Gasteiger partial charge in [0.1, 0.15) is 16.7 Å². The average Bonchev–Trinajstić information content (AvgIpc) is 2.70. The fraction of sp³-hybridized carbons (Fsp3) is 0.238. The van der Waals surface area contributed by atoms with E-state index in [2.05, 4.69) is 0 Å². The molecule has 0 aliphatic carbocycles. The second-order valence-electron chi connectivity index (χ2n) is 6.26. The summed E-state index contributed by atoms with van der Waals surface area (Å²) in [5.74, 6) is -3.53. The van der Waals surface area contributed by atoms with Crippen LogP contribution in [0, 0.1) is 0 Å². The van der Waals surface area contributed by atoms with Crippen LogP contribution in [-0.4, -0.2) is 18.0 Å². The summed E-state index contributed by atoms with van der Waals surface area (Å²) in [6.07, 6.45) is -5.04. The zero-order chi connectivity index (χ0) is 22.8. The topological polar surface area (TPSA) is 75.0 Å². The minimum absolute atomic E-state index is 0.0804. The Labute approximate surface area is 179 Å². The number of fused-ring (bicyclic) bond motifs is 1. The summed E-state index contributed by atoms with van der Waals surface area (Å²) < 4.78 is 61.6. The van der Waals surface area contributed by atoms with Crippen LogP contribution in [0.4, 0.5) is 13.2 Å². The Morgan fingerprint density at radius 3 is 2.45 bits per heavy atom. The van der Waals surface area contributed by atoms with Crippen molar-refractivity contribution in [3.8, 4) is 23.0 Å². The molecule has 3 aromatic rings. The Balaban J connectivity index is 2.14. The van der Waals surface area contributed by atoms with Crippen LogP contribution in [0.25, 0.3) is 11.0 Å². The van der Waals surface area contributed by atoms with E-state index in [0.717, 1.165) is 6.07 Å². The van der Waals surface area contributed by atoms with E-state index in [-0.39, 0.29) is 29.2 Å². The number of benzene rings is 2. The van der Waals surface area contributed by atoms with Crippen LogP contribution in [0.1, 0.15) is 19.6 Å². The van der Waals surface area contributed by atoms with Gasteiger partial charge in [0.05, 0.1) is 12.0 Å². The van der Waals surface area contributed by atoms with Crippen molar-refractivity contribution in [1.29, 1.82) is 0 Å². The normalized spacial score (nSPS) is 12.5. The molecule has 0 bridgehead atoms. The molecular formula is C21H16ClF3O6. The predicted molar refractivity (Wildman–Crippen MR) is 106 cm³/mol. The van der Waals surface area contributed by atoms with Crippen molar-refractivity contribution >= 4 is 28.5 Å². The van der Waals surface area contributed by atoms with Crippen molar-refractivity contribution in [1.82, 2.24) is 0 Å². The van der Waals surface area contributed by atoms with Crippen molar-refractivity contribution < 1.29 is 36.6 Å². The number of alkyl halides is 4. The third-order valence-corrected chi connectivity index (χ3v) is 4.16. The number of esters is 1. The number of para-hydroxylation sites is 2. The monoisotopic (exact) mass is 456 g/mol. The van der Waals surface area contributed by atoms with Crippen molar-refractivity contribution in [2.45, 2.75) is 25.4 Å². The number of hydrogen-bond acceptors (Lipinski definition) is 6. The fourth-order valence-electron chi connectivity index (χ4n) is 2.62. The molecule has 0 saturated heterocycles. The molecule has 1 atom stereocenters. The maximum Gasteiger partial charge on any atom is 0.453 e. The quantitative estimate of drug-likeness (QED) is 0.275. The number of ether oxygens (including phenoxy) is 3. The van der Waals surface area contributed by atoms with E-state index in [1.54, 1.807) is 13.0 Å². The van der Waals surface area contributed by atoms with Crippen LogP contribution in [-0.2, 0) is 11.0 Å². The lowest BCUT2D eigenvalue weighted by atomic mass is 10.2. The predicted octanol–water partition coefficient (Wildman–Crippen LogP) is 5.54. The van der Waals surface area contributed by atoms with E-state index in [0.29, 0.717) is 0 Å². The lowest BCUT2D eigenvalue weighted by Gasteiger charge is -2.15. The molecule has 1 heterocycles. The van der Waals surface area contributed by atoms with Crippen LogP contribution in [0.5, 0.6) is 23.0 Å². The van der Waals surface area contributed by atoms with Crippen LogP contribution in [0.15, 0.2) is 51.7 Å². The van der Waals surface area contributed by atoms with E-state index >= 15 is 0 Å². The summed E-state index contributed by atoms with van der Waals surface area (Å²) in [4.78, 5) is 24.5. The standard InChI is InChI=1S/C21H16ClF3O6/c1-3-28-14-6-4-5-7-15(14)30-18-17(26)13-9-8-12(29-20(27)11(2)22)10-16(13)31-19(18)21(23,24)25/h4-11H,3H2,1-2H3. The van der Waals surface area contributed by atoms with Crippen LogP contribution in [0.2, 0.25) is 0 Å². The first-order valence-electron chi connectivity index (χ1n) is 9.05. The van der Waals surface area contributed by atoms with Gasteiger partial charge in [0.2, 0.25) is 11.2 Å². The average molecular weight is 457 g/mol. The Bertz CT molecular complexity index is 1170. The van der Waals surface area contributed by atoms with Gasteiger partial charge in [-0.2, -0.15) is 13.2 Å². The van der Waals surface area contributed by atoms with E-state index in [1.807, 2.05) is 0 Å². The first kappa shape index (κ1) is 22.5. The highest BCUT2D eigenvalue weighted by molar-refractivity contribution is 6.29. The highest BCUT2D eigenvalue weighted by Crippen LogP contribution is 2.40. The molecule has 0 radical (unpaired) electrons. The molecule has 6 nitrogen and oxygen atoms in total. The second-order valence-corrected chi connectivity index (χ2v) is 6.92. The molecule has 0 amide bonds. The Morgan fingerprint density at radius 1 is 1.16 bits per heavy atom. The second kappa shape index (κ2) is 8.89. The molecule has 0 N–H and O–H groups in total.